The fraction of sp³-hybridized carbons (Fsp3) is 0.533. The van der Waals surface area contributed by atoms with Gasteiger partial charge in [0, 0.05) is 44.7 Å². The van der Waals surface area contributed by atoms with Crippen molar-refractivity contribution in [1.29, 1.82) is 0 Å². The summed E-state index contributed by atoms with van der Waals surface area (Å²) in [5.41, 5.74) is 2.20. The van der Waals surface area contributed by atoms with Crippen molar-refractivity contribution in [2.45, 2.75) is 46.2 Å². The average molecular weight is 287 g/mol. The van der Waals surface area contributed by atoms with Crippen LogP contribution in [-0.2, 0) is 30.7 Å². The molecule has 1 aliphatic heterocycles. The van der Waals surface area contributed by atoms with Gasteiger partial charge in [-0.25, -0.2) is 9.97 Å². The largest absolute Gasteiger partial charge is 0.344 e. The van der Waals surface area contributed by atoms with Crippen LogP contribution in [0.2, 0.25) is 0 Å². The highest BCUT2D eigenvalue weighted by Gasteiger charge is 2.22. The summed E-state index contributed by atoms with van der Waals surface area (Å²) in [6.07, 6.45) is 5.99. The third-order valence-electron chi connectivity index (χ3n) is 3.99. The first-order chi connectivity index (χ1) is 10.2. The number of fused-ring (bicyclic) bond motifs is 1. The van der Waals surface area contributed by atoms with E-state index in [-0.39, 0.29) is 5.91 Å². The van der Waals surface area contributed by atoms with Crippen molar-refractivity contribution in [2.24, 2.45) is 0 Å². The van der Waals surface area contributed by atoms with Gasteiger partial charge in [-0.05, 0) is 6.92 Å². The highest BCUT2D eigenvalue weighted by Crippen LogP contribution is 2.17. The Morgan fingerprint density at radius 2 is 2.33 bits per heavy atom. The van der Waals surface area contributed by atoms with E-state index in [0.29, 0.717) is 19.5 Å². The van der Waals surface area contributed by atoms with Crippen molar-refractivity contribution in [1.82, 2.24) is 24.4 Å². The van der Waals surface area contributed by atoms with Gasteiger partial charge in [0.1, 0.15) is 11.6 Å². The molecule has 2 aromatic rings. The van der Waals surface area contributed by atoms with Gasteiger partial charge < -0.3 is 14.5 Å². The predicted molar refractivity (Wildman–Crippen MR) is 78.7 cm³/mol. The third-order valence-corrected chi connectivity index (χ3v) is 3.99. The Hall–Kier alpha value is -2.11. The van der Waals surface area contributed by atoms with E-state index < -0.39 is 0 Å². The third kappa shape index (κ3) is 2.84. The van der Waals surface area contributed by atoms with E-state index in [1.54, 1.807) is 6.20 Å². The van der Waals surface area contributed by atoms with Crippen molar-refractivity contribution in [3.8, 4) is 0 Å². The molecular formula is C15H21N5O. The molecule has 1 amide bonds. The highest BCUT2D eigenvalue weighted by molar-refractivity contribution is 5.76. The number of rotatable bonds is 4. The number of amides is 1. The van der Waals surface area contributed by atoms with Crippen LogP contribution in [0.25, 0.3) is 0 Å². The monoisotopic (exact) mass is 287 g/mol. The number of carbonyl (C=O) groups excluding carboxylic acids is 1. The average Bonchev–Trinajstić information content (AvgIpc) is 3.08. The number of H-pyrrole nitrogens is 1. The number of aromatic nitrogens is 4. The van der Waals surface area contributed by atoms with Gasteiger partial charge in [-0.2, -0.15) is 0 Å². The molecule has 0 fully saturated rings. The first-order valence-corrected chi connectivity index (χ1v) is 7.49. The fourth-order valence-electron chi connectivity index (χ4n) is 2.88. The molecule has 0 saturated heterocycles. The van der Waals surface area contributed by atoms with Crippen molar-refractivity contribution in [2.75, 3.05) is 6.54 Å². The van der Waals surface area contributed by atoms with Crippen molar-refractivity contribution < 1.29 is 4.79 Å². The summed E-state index contributed by atoms with van der Waals surface area (Å²) < 4.78 is 2.06. The SMILES string of the molecule is CCc1nccn1CCC(=O)N1CCc2nc(C)[nH]c2C1. The van der Waals surface area contributed by atoms with Crippen LogP contribution in [0.1, 0.15) is 36.4 Å². The maximum absolute atomic E-state index is 12.4. The van der Waals surface area contributed by atoms with E-state index in [4.69, 9.17) is 0 Å². The number of nitrogens with zero attached hydrogens (tertiary/aromatic N) is 4. The first kappa shape index (κ1) is 13.9. The Balaban J connectivity index is 1.59. The molecule has 0 atom stereocenters. The van der Waals surface area contributed by atoms with Crippen LogP contribution in [-0.4, -0.2) is 36.9 Å². The van der Waals surface area contributed by atoms with E-state index in [0.717, 1.165) is 42.4 Å². The Labute approximate surface area is 124 Å². The van der Waals surface area contributed by atoms with E-state index >= 15 is 0 Å². The molecule has 0 spiro atoms. The van der Waals surface area contributed by atoms with Crippen LogP contribution in [0, 0.1) is 6.92 Å². The molecule has 112 valence electrons. The lowest BCUT2D eigenvalue weighted by molar-refractivity contribution is -0.132. The normalized spacial score (nSPS) is 14.3. The minimum atomic E-state index is 0.198. The van der Waals surface area contributed by atoms with Crippen LogP contribution < -0.4 is 0 Å². The summed E-state index contributed by atoms with van der Waals surface area (Å²) in [6, 6.07) is 0. The number of nitrogens with one attached hydrogen (secondary N) is 1. The van der Waals surface area contributed by atoms with E-state index in [9.17, 15) is 4.79 Å². The molecule has 3 heterocycles. The van der Waals surface area contributed by atoms with Crippen molar-refractivity contribution >= 4 is 5.91 Å². The first-order valence-electron chi connectivity index (χ1n) is 7.49. The van der Waals surface area contributed by atoms with Crippen LogP contribution >= 0.6 is 0 Å². The molecule has 2 aromatic heterocycles. The topological polar surface area (TPSA) is 66.8 Å². The van der Waals surface area contributed by atoms with Gasteiger partial charge in [0.05, 0.1) is 17.9 Å². The minimum absolute atomic E-state index is 0.198. The summed E-state index contributed by atoms with van der Waals surface area (Å²) in [7, 11) is 0. The maximum atomic E-state index is 12.4. The molecule has 0 radical (unpaired) electrons. The number of aryl methyl sites for hydroxylation is 3. The van der Waals surface area contributed by atoms with Crippen molar-refractivity contribution in [3.05, 3.63) is 35.4 Å². The van der Waals surface area contributed by atoms with Crippen LogP contribution in [0.3, 0.4) is 0 Å². The molecule has 6 heteroatoms. The lowest BCUT2D eigenvalue weighted by Gasteiger charge is -2.26. The molecule has 1 N–H and O–H groups in total. The lowest BCUT2D eigenvalue weighted by atomic mass is 10.1. The lowest BCUT2D eigenvalue weighted by Crippen LogP contribution is -2.36. The zero-order valence-corrected chi connectivity index (χ0v) is 12.6. The number of imidazole rings is 2. The van der Waals surface area contributed by atoms with Crippen LogP contribution in [0.4, 0.5) is 0 Å². The maximum Gasteiger partial charge on any atom is 0.224 e. The quantitative estimate of drug-likeness (QED) is 0.925. The summed E-state index contributed by atoms with van der Waals surface area (Å²) in [4.78, 5) is 26.3. The molecule has 6 nitrogen and oxygen atoms in total. The fourth-order valence-corrected chi connectivity index (χ4v) is 2.88. The Morgan fingerprint density at radius 3 is 3.14 bits per heavy atom. The molecule has 1 aliphatic rings. The van der Waals surface area contributed by atoms with Gasteiger partial charge in [-0.3, -0.25) is 4.79 Å². The molecule has 0 aromatic carbocycles. The Kier molecular flexibility index (Phi) is 3.77. The second-order valence-electron chi connectivity index (χ2n) is 5.45. The molecule has 0 unspecified atom stereocenters. The number of hydrogen-bond acceptors (Lipinski definition) is 3. The molecule has 0 saturated carbocycles. The van der Waals surface area contributed by atoms with Gasteiger partial charge in [0.2, 0.25) is 5.91 Å². The van der Waals surface area contributed by atoms with Gasteiger partial charge in [-0.15, -0.1) is 0 Å². The van der Waals surface area contributed by atoms with Gasteiger partial charge in [-0.1, -0.05) is 6.92 Å². The number of carbonyl (C=O) groups is 1. The van der Waals surface area contributed by atoms with Crippen molar-refractivity contribution in [3.63, 3.8) is 0 Å². The molecule has 0 aliphatic carbocycles. The van der Waals surface area contributed by atoms with E-state index in [2.05, 4.69) is 26.4 Å². The standard InChI is InChI=1S/C15H21N5O/c1-3-14-16-6-9-19(14)8-5-15(21)20-7-4-12-13(10-20)18-11(2)17-12/h6,9H,3-5,7-8,10H2,1-2H3,(H,17,18). The zero-order chi connectivity index (χ0) is 14.8. The van der Waals surface area contributed by atoms with Gasteiger partial charge in [0.25, 0.3) is 0 Å². The zero-order valence-electron chi connectivity index (χ0n) is 12.6. The summed E-state index contributed by atoms with van der Waals surface area (Å²) >= 11 is 0. The second-order valence-corrected chi connectivity index (χ2v) is 5.45. The Morgan fingerprint density at radius 1 is 1.48 bits per heavy atom. The highest BCUT2D eigenvalue weighted by atomic mass is 16.2. The smallest absolute Gasteiger partial charge is 0.224 e. The van der Waals surface area contributed by atoms with Crippen LogP contribution in [0.15, 0.2) is 12.4 Å². The summed E-state index contributed by atoms with van der Waals surface area (Å²) in [5.74, 6) is 2.16. The van der Waals surface area contributed by atoms with Gasteiger partial charge in [0.15, 0.2) is 0 Å². The summed E-state index contributed by atoms with van der Waals surface area (Å²) in [5, 5.41) is 0. The van der Waals surface area contributed by atoms with E-state index in [1.165, 1.54) is 0 Å². The summed E-state index contributed by atoms with van der Waals surface area (Å²) in [6.45, 7) is 6.15. The second kappa shape index (κ2) is 5.71. The van der Waals surface area contributed by atoms with Crippen LogP contribution in [0.5, 0.6) is 0 Å². The molecule has 3 rings (SSSR count). The van der Waals surface area contributed by atoms with Gasteiger partial charge >= 0.3 is 0 Å². The minimum Gasteiger partial charge on any atom is -0.344 e. The molecular weight excluding hydrogens is 266 g/mol. The Bertz CT molecular complexity index is 642. The molecule has 21 heavy (non-hydrogen) atoms. The predicted octanol–water partition coefficient (Wildman–Crippen LogP) is 1.45. The number of aromatic amines is 1. The number of hydrogen-bond donors (Lipinski definition) is 1. The molecule has 0 bridgehead atoms. The van der Waals surface area contributed by atoms with E-state index in [1.807, 2.05) is 18.0 Å².